The normalized spacial score (nSPS) is 12.0. The molecule has 0 radical (unpaired) electrons. The number of carbonyl (C=O) groups excluding carboxylic acids is 1. The molecule has 1 unspecified atom stereocenters. The fraction of sp³-hybridized carbons (Fsp3) is 0.417. The smallest absolute Gasteiger partial charge is 0.255 e. The number of carbonyl (C=O) groups is 1. The van der Waals surface area contributed by atoms with Crippen LogP contribution in [0.5, 0.6) is 5.75 Å². The van der Waals surface area contributed by atoms with E-state index in [9.17, 15) is 4.79 Å². The molecule has 1 atom stereocenters. The third-order valence-electron chi connectivity index (χ3n) is 2.29. The van der Waals surface area contributed by atoms with Crippen molar-refractivity contribution in [2.75, 3.05) is 13.7 Å². The topological polar surface area (TPSA) is 64.3 Å². The van der Waals surface area contributed by atoms with Gasteiger partial charge in [0.15, 0.2) is 0 Å². The molecule has 0 saturated carbocycles. The first-order valence-electron chi connectivity index (χ1n) is 5.42. The summed E-state index contributed by atoms with van der Waals surface area (Å²) in [5.74, 6) is 0.287. The summed E-state index contributed by atoms with van der Waals surface area (Å²) < 4.78 is 5.10. The predicted molar refractivity (Wildman–Crippen MR) is 68.6 cm³/mol. The van der Waals surface area contributed by atoms with E-state index in [1.165, 1.54) is 7.11 Å². The van der Waals surface area contributed by atoms with Crippen molar-refractivity contribution < 1.29 is 9.53 Å². The van der Waals surface area contributed by atoms with Gasteiger partial charge in [-0.05, 0) is 31.5 Å². The maximum absolute atomic E-state index is 11.8. The molecule has 0 fully saturated rings. The SMILES string of the molecule is COc1cc(Cl)ccc1C(=O)NCCC(C)N. The minimum Gasteiger partial charge on any atom is -0.496 e. The highest BCUT2D eigenvalue weighted by Crippen LogP contribution is 2.22. The van der Waals surface area contributed by atoms with Gasteiger partial charge in [0.05, 0.1) is 12.7 Å². The van der Waals surface area contributed by atoms with E-state index in [4.69, 9.17) is 22.1 Å². The minimum absolute atomic E-state index is 0.0717. The molecular formula is C12H17ClN2O2. The predicted octanol–water partition coefficient (Wildman–Crippen LogP) is 1.82. The van der Waals surface area contributed by atoms with Crippen molar-refractivity contribution in [2.24, 2.45) is 5.73 Å². The molecule has 1 aromatic rings. The van der Waals surface area contributed by atoms with Gasteiger partial charge in [-0.1, -0.05) is 11.6 Å². The number of hydrogen-bond acceptors (Lipinski definition) is 3. The van der Waals surface area contributed by atoms with Crippen LogP contribution in [0, 0.1) is 0 Å². The summed E-state index contributed by atoms with van der Waals surface area (Å²) in [6.45, 7) is 2.44. The van der Waals surface area contributed by atoms with Crippen molar-refractivity contribution >= 4 is 17.5 Å². The molecule has 0 aromatic heterocycles. The van der Waals surface area contributed by atoms with E-state index in [0.29, 0.717) is 22.9 Å². The zero-order chi connectivity index (χ0) is 12.8. The molecule has 0 spiro atoms. The monoisotopic (exact) mass is 256 g/mol. The lowest BCUT2D eigenvalue weighted by molar-refractivity contribution is 0.0950. The minimum atomic E-state index is -0.181. The average Bonchev–Trinajstić information content (AvgIpc) is 2.28. The van der Waals surface area contributed by atoms with Gasteiger partial charge in [0.1, 0.15) is 5.75 Å². The summed E-state index contributed by atoms with van der Waals surface area (Å²) >= 11 is 5.82. The Morgan fingerprint density at radius 3 is 2.88 bits per heavy atom. The molecule has 1 aromatic carbocycles. The van der Waals surface area contributed by atoms with E-state index in [2.05, 4.69) is 5.32 Å². The van der Waals surface area contributed by atoms with E-state index in [1.54, 1.807) is 18.2 Å². The maximum Gasteiger partial charge on any atom is 0.255 e. The van der Waals surface area contributed by atoms with Crippen LogP contribution in [0.1, 0.15) is 23.7 Å². The summed E-state index contributed by atoms with van der Waals surface area (Å²) in [5, 5.41) is 3.32. The van der Waals surface area contributed by atoms with Crippen molar-refractivity contribution in [2.45, 2.75) is 19.4 Å². The number of nitrogens with two attached hydrogens (primary N) is 1. The number of rotatable bonds is 5. The van der Waals surface area contributed by atoms with Crippen molar-refractivity contribution in [1.82, 2.24) is 5.32 Å². The highest BCUT2D eigenvalue weighted by atomic mass is 35.5. The molecule has 0 heterocycles. The standard InChI is InChI=1S/C12H17ClN2O2/c1-8(14)5-6-15-12(16)10-4-3-9(13)7-11(10)17-2/h3-4,7-8H,5-6,14H2,1-2H3,(H,15,16). The van der Waals surface area contributed by atoms with Crippen LogP contribution >= 0.6 is 11.6 Å². The lowest BCUT2D eigenvalue weighted by Gasteiger charge is -2.10. The van der Waals surface area contributed by atoms with Crippen LogP contribution in [-0.4, -0.2) is 25.6 Å². The van der Waals surface area contributed by atoms with Gasteiger partial charge in [0, 0.05) is 17.6 Å². The van der Waals surface area contributed by atoms with Gasteiger partial charge >= 0.3 is 0 Å². The van der Waals surface area contributed by atoms with Gasteiger partial charge in [-0.25, -0.2) is 0 Å². The summed E-state index contributed by atoms with van der Waals surface area (Å²) in [7, 11) is 1.50. The zero-order valence-corrected chi connectivity index (χ0v) is 10.8. The molecular weight excluding hydrogens is 240 g/mol. The van der Waals surface area contributed by atoms with Crippen LogP contribution in [0.25, 0.3) is 0 Å². The molecule has 0 aliphatic rings. The number of benzene rings is 1. The van der Waals surface area contributed by atoms with Crippen molar-refractivity contribution in [3.05, 3.63) is 28.8 Å². The number of ether oxygens (including phenoxy) is 1. The highest BCUT2D eigenvalue weighted by molar-refractivity contribution is 6.30. The molecule has 5 heteroatoms. The molecule has 17 heavy (non-hydrogen) atoms. The Morgan fingerprint density at radius 1 is 1.59 bits per heavy atom. The number of hydrogen-bond donors (Lipinski definition) is 2. The number of nitrogens with one attached hydrogen (secondary N) is 1. The second kappa shape index (κ2) is 6.47. The van der Waals surface area contributed by atoms with Crippen molar-refractivity contribution in [1.29, 1.82) is 0 Å². The second-order valence-corrected chi connectivity index (χ2v) is 4.30. The summed E-state index contributed by atoms with van der Waals surface area (Å²) in [4.78, 5) is 11.8. The molecule has 0 aliphatic carbocycles. The first-order valence-corrected chi connectivity index (χ1v) is 5.79. The Labute approximate surface area is 106 Å². The molecule has 0 bridgehead atoms. The van der Waals surface area contributed by atoms with Crippen LogP contribution in [-0.2, 0) is 0 Å². The molecule has 1 rings (SSSR count). The lowest BCUT2D eigenvalue weighted by Crippen LogP contribution is -2.29. The van der Waals surface area contributed by atoms with Gasteiger partial charge in [-0.3, -0.25) is 4.79 Å². The molecule has 3 N–H and O–H groups in total. The summed E-state index contributed by atoms with van der Waals surface area (Å²) in [6, 6.07) is 4.98. The van der Waals surface area contributed by atoms with Gasteiger partial charge in [-0.15, -0.1) is 0 Å². The lowest BCUT2D eigenvalue weighted by atomic mass is 10.2. The molecule has 4 nitrogen and oxygen atoms in total. The average molecular weight is 257 g/mol. The Bertz CT molecular complexity index is 394. The van der Waals surface area contributed by atoms with Gasteiger partial charge in [0.2, 0.25) is 0 Å². The Morgan fingerprint density at radius 2 is 2.29 bits per heavy atom. The van der Waals surface area contributed by atoms with Gasteiger partial charge in [-0.2, -0.15) is 0 Å². The fourth-order valence-corrected chi connectivity index (χ4v) is 1.52. The number of halogens is 1. The first kappa shape index (κ1) is 13.8. The van der Waals surface area contributed by atoms with Crippen LogP contribution < -0.4 is 15.8 Å². The molecule has 0 aliphatic heterocycles. The van der Waals surface area contributed by atoms with Gasteiger partial charge in [0.25, 0.3) is 5.91 Å². The van der Waals surface area contributed by atoms with E-state index >= 15 is 0 Å². The second-order valence-electron chi connectivity index (χ2n) is 3.87. The molecule has 1 amide bonds. The largest absolute Gasteiger partial charge is 0.496 e. The van der Waals surface area contributed by atoms with E-state index in [-0.39, 0.29) is 11.9 Å². The number of methoxy groups -OCH3 is 1. The van der Waals surface area contributed by atoms with Gasteiger partial charge < -0.3 is 15.8 Å². The van der Waals surface area contributed by atoms with Crippen LogP contribution in [0.2, 0.25) is 5.02 Å². The van der Waals surface area contributed by atoms with E-state index < -0.39 is 0 Å². The summed E-state index contributed by atoms with van der Waals surface area (Å²) in [6.07, 6.45) is 0.738. The molecule has 0 saturated heterocycles. The summed E-state index contributed by atoms with van der Waals surface area (Å²) in [5.41, 5.74) is 6.07. The zero-order valence-electron chi connectivity index (χ0n) is 10.00. The first-order chi connectivity index (χ1) is 8.04. The fourth-order valence-electron chi connectivity index (χ4n) is 1.36. The van der Waals surface area contributed by atoms with Crippen molar-refractivity contribution in [3.63, 3.8) is 0 Å². The van der Waals surface area contributed by atoms with Crippen molar-refractivity contribution in [3.8, 4) is 5.75 Å². The Kier molecular flexibility index (Phi) is 5.25. The van der Waals surface area contributed by atoms with E-state index in [0.717, 1.165) is 6.42 Å². The van der Waals surface area contributed by atoms with Crippen LogP contribution in [0.4, 0.5) is 0 Å². The third-order valence-corrected chi connectivity index (χ3v) is 2.53. The molecule has 94 valence electrons. The quantitative estimate of drug-likeness (QED) is 0.845. The van der Waals surface area contributed by atoms with Crippen LogP contribution in [0.3, 0.4) is 0 Å². The van der Waals surface area contributed by atoms with E-state index in [1.807, 2.05) is 6.92 Å². The Hall–Kier alpha value is -1.26. The maximum atomic E-state index is 11.8. The highest BCUT2D eigenvalue weighted by Gasteiger charge is 2.12. The number of amides is 1. The Balaban J connectivity index is 2.68. The van der Waals surface area contributed by atoms with Crippen LogP contribution in [0.15, 0.2) is 18.2 Å². The third kappa shape index (κ3) is 4.24.